The Kier molecular flexibility index (Phi) is 3.40. The molecule has 0 aliphatic rings. The number of rotatable bonds is 2. The quantitative estimate of drug-likeness (QED) is 0.407. The van der Waals surface area contributed by atoms with Crippen molar-refractivity contribution in [3.8, 4) is 11.1 Å². The molecular weight excluding hydrogens is 290 g/mol. The molecule has 1 aromatic heterocycles. The summed E-state index contributed by atoms with van der Waals surface area (Å²) in [4.78, 5) is 26.2. The summed E-state index contributed by atoms with van der Waals surface area (Å²) in [6.45, 7) is 0. The van der Waals surface area contributed by atoms with E-state index in [0.29, 0.717) is 21.6 Å². The van der Waals surface area contributed by atoms with E-state index in [4.69, 9.17) is 16.0 Å². The van der Waals surface area contributed by atoms with Crippen LogP contribution in [0.15, 0.2) is 62.7 Å². The van der Waals surface area contributed by atoms with E-state index in [9.17, 15) is 9.59 Å². The van der Waals surface area contributed by atoms with Crippen molar-refractivity contribution >= 4 is 34.3 Å². The van der Waals surface area contributed by atoms with Gasteiger partial charge in [0.05, 0.1) is 0 Å². The third-order valence-electron chi connectivity index (χ3n) is 3.06. The molecule has 3 rings (SSSR count). The smallest absolute Gasteiger partial charge is 0.363 e. The first-order chi connectivity index (χ1) is 10.2. The minimum atomic E-state index is -0.688. The van der Waals surface area contributed by atoms with E-state index in [2.05, 4.69) is 4.99 Å². The van der Waals surface area contributed by atoms with Crippen LogP contribution in [-0.2, 0) is 4.79 Å². The molecule has 0 N–H and O–H groups in total. The SMILES string of the molecule is O=C=Nc1c(-c2ccccc2)c2cc(Cl)ccc2oc1=O. The maximum Gasteiger partial charge on any atom is 0.363 e. The van der Waals surface area contributed by atoms with E-state index in [1.165, 1.54) is 6.08 Å². The van der Waals surface area contributed by atoms with Crippen molar-refractivity contribution in [2.75, 3.05) is 0 Å². The van der Waals surface area contributed by atoms with Crippen LogP contribution in [0.5, 0.6) is 0 Å². The molecule has 0 atom stereocenters. The highest BCUT2D eigenvalue weighted by Crippen LogP contribution is 2.35. The Balaban J connectivity index is 2.53. The second-order valence-electron chi connectivity index (χ2n) is 4.32. The van der Waals surface area contributed by atoms with Gasteiger partial charge >= 0.3 is 5.63 Å². The van der Waals surface area contributed by atoms with Crippen LogP contribution in [0.3, 0.4) is 0 Å². The molecule has 0 aliphatic carbocycles. The Bertz CT molecular complexity index is 925. The van der Waals surface area contributed by atoms with Gasteiger partial charge in [-0.05, 0) is 23.8 Å². The summed E-state index contributed by atoms with van der Waals surface area (Å²) >= 11 is 6.02. The molecule has 0 spiro atoms. The van der Waals surface area contributed by atoms with Gasteiger partial charge in [-0.3, -0.25) is 0 Å². The molecule has 0 saturated carbocycles. The van der Waals surface area contributed by atoms with Crippen LogP contribution < -0.4 is 5.63 Å². The second kappa shape index (κ2) is 5.37. The van der Waals surface area contributed by atoms with E-state index in [1.54, 1.807) is 18.2 Å². The van der Waals surface area contributed by atoms with Crippen molar-refractivity contribution in [2.24, 2.45) is 4.99 Å². The molecule has 2 aromatic carbocycles. The van der Waals surface area contributed by atoms with Crippen LogP contribution in [0.2, 0.25) is 5.02 Å². The lowest BCUT2D eigenvalue weighted by molar-refractivity contribution is 0.557. The molecule has 0 bridgehead atoms. The van der Waals surface area contributed by atoms with E-state index in [-0.39, 0.29) is 5.69 Å². The fraction of sp³-hybridized carbons (Fsp3) is 0. The van der Waals surface area contributed by atoms with Gasteiger partial charge in [0.2, 0.25) is 6.08 Å². The molecule has 1 heterocycles. The van der Waals surface area contributed by atoms with Gasteiger partial charge in [0.1, 0.15) is 5.58 Å². The lowest BCUT2D eigenvalue weighted by Crippen LogP contribution is -2.01. The summed E-state index contributed by atoms with van der Waals surface area (Å²) in [5.74, 6) is 0. The number of fused-ring (bicyclic) bond motifs is 1. The average Bonchev–Trinajstić information content (AvgIpc) is 2.50. The summed E-state index contributed by atoms with van der Waals surface area (Å²) < 4.78 is 5.18. The van der Waals surface area contributed by atoms with Crippen molar-refractivity contribution in [1.82, 2.24) is 0 Å². The summed E-state index contributed by atoms with van der Waals surface area (Å²) in [5, 5.41) is 1.11. The normalized spacial score (nSPS) is 10.3. The van der Waals surface area contributed by atoms with Crippen molar-refractivity contribution < 1.29 is 9.21 Å². The van der Waals surface area contributed by atoms with E-state index in [0.717, 1.165) is 5.56 Å². The molecule has 0 aliphatic heterocycles. The van der Waals surface area contributed by atoms with E-state index >= 15 is 0 Å². The lowest BCUT2D eigenvalue weighted by Gasteiger charge is -2.08. The lowest BCUT2D eigenvalue weighted by atomic mass is 10.0. The molecule has 5 heteroatoms. The molecule has 0 radical (unpaired) electrons. The molecule has 4 nitrogen and oxygen atoms in total. The second-order valence-corrected chi connectivity index (χ2v) is 4.76. The van der Waals surface area contributed by atoms with Gasteiger partial charge < -0.3 is 4.42 Å². The Morgan fingerprint density at radius 1 is 1.10 bits per heavy atom. The predicted octanol–water partition coefficient (Wildman–Crippen LogP) is 4.08. The summed E-state index contributed by atoms with van der Waals surface area (Å²) in [6, 6.07) is 14.1. The molecule has 0 saturated heterocycles. The zero-order valence-corrected chi connectivity index (χ0v) is 11.4. The van der Waals surface area contributed by atoms with Crippen LogP contribution in [0, 0.1) is 0 Å². The highest BCUT2D eigenvalue weighted by Gasteiger charge is 2.16. The molecule has 3 aromatic rings. The number of hydrogen-bond donors (Lipinski definition) is 0. The molecule has 21 heavy (non-hydrogen) atoms. The van der Waals surface area contributed by atoms with E-state index < -0.39 is 5.63 Å². The first kappa shape index (κ1) is 13.3. The molecular formula is C16H8ClNO3. The van der Waals surface area contributed by atoms with Gasteiger partial charge in [0.25, 0.3) is 0 Å². The first-order valence-corrected chi connectivity index (χ1v) is 6.48. The van der Waals surface area contributed by atoms with Crippen LogP contribution in [0.25, 0.3) is 22.1 Å². The maximum absolute atomic E-state index is 12.0. The van der Waals surface area contributed by atoms with Gasteiger partial charge in [-0.15, -0.1) is 0 Å². The van der Waals surface area contributed by atoms with Gasteiger partial charge in [-0.2, -0.15) is 4.99 Å². The number of aliphatic imine (C=N–C) groups is 1. The minimum Gasteiger partial charge on any atom is -0.421 e. The van der Waals surface area contributed by atoms with Crippen LogP contribution >= 0.6 is 11.6 Å². The van der Waals surface area contributed by atoms with E-state index in [1.807, 2.05) is 30.3 Å². The number of benzene rings is 2. The third kappa shape index (κ3) is 2.38. The number of nitrogens with zero attached hydrogens (tertiary/aromatic N) is 1. The summed E-state index contributed by atoms with van der Waals surface area (Å²) in [6.07, 6.45) is 1.40. The van der Waals surface area contributed by atoms with Gasteiger partial charge in [0, 0.05) is 16.0 Å². The Morgan fingerprint density at radius 2 is 1.86 bits per heavy atom. The first-order valence-electron chi connectivity index (χ1n) is 6.10. The highest BCUT2D eigenvalue weighted by atomic mass is 35.5. The summed E-state index contributed by atoms with van der Waals surface area (Å²) in [7, 11) is 0. The molecule has 0 fully saturated rings. The minimum absolute atomic E-state index is 0.0778. The number of isocyanates is 1. The molecule has 0 amide bonds. The van der Waals surface area contributed by atoms with Gasteiger partial charge in [-0.1, -0.05) is 41.9 Å². The fourth-order valence-corrected chi connectivity index (χ4v) is 2.38. The maximum atomic E-state index is 12.0. The highest BCUT2D eigenvalue weighted by molar-refractivity contribution is 6.31. The average molecular weight is 298 g/mol. The standard InChI is InChI=1S/C16H8ClNO3/c17-11-6-7-13-12(8-11)14(10-4-2-1-3-5-10)15(18-9-19)16(20)21-13/h1-8H. The van der Waals surface area contributed by atoms with Crippen molar-refractivity contribution in [2.45, 2.75) is 0 Å². The summed E-state index contributed by atoms with van der Waals surface area (Å²) in [5.41, 5.74) is 0.866. The zero-order valence-electron chi connectivity index (χ0n) is 10.7. The zero-order chi connectivity index (χ0) is 14.8. The number of halogens is 1. The van der Waals surface area contributed by atoms with Crippen molar-refractivity contribution in [3.05, 3.63) is 64.0 Å². The van der Waals surface area contributed by atoms with Gasteiger partial charge in [-0.25, -0.2) is 9.59 Å². The molecule has 0 unspecified atom stereocenters. The van der Waals surface area contributed by atoms with Crippen molar-refractivity contribution in [1.29, 1.82) is 0 Å². The van der Waals surface area contributed by atoms with Crippen molar-refractivity contribution in [3.63, 3.8) is 0 Å². The Labute approximate surface area is 124 Å². The predicted molar refractivity (Wildman–Crippen MR) is 80.7 cm³/mol. The van der Waals surface area contributed by atoms with Crippen LogP contribution in [0.4, 0.5) is 5.69 Å². The van der Waals surface area contributed by atoms with Crippen LogP contribution in [-0.4, -0.2) is 6.08 Å². The Morgan fingerprint density at radius 3 is 2.57 bits per heavy atom. The topological polar surface area (TPSA) is 59.6 Å². The fourth-order valence-electron chi connectivity index (χ4n) is 2.21. The largest absolute Gasteiger partial charge is 0.421 e. The van der Waals surface area contributed by atoms with Crippen LogP contribution in [0.1, 0.15) is 0 Å². The third-order valence-corrected chi connectivity index (χ3v) is 3.30. The monoisotopic (exact) mass is 297 g/mol. The Hall–Kier alpha value is -2.68. The van der Waals surface area contributed by atoms with Gasteiger partial charge in [0.15, 0.2) is 5.69 Å². The number of hydrogen-bond acceptors (Lipinski definition) is 4. The number of carbonyl (C=O) groups excluding carboxylic acids is 1. The molecule has 102 valence electrons.